The van der Waals surface area contributed by atoms with Gasteiger partial charge in [0.1, 0.15) is 0 Å². The van der Waals surface area contributed by atoms with Gasteiger partial charge in [-0.25, -0.2) is 0 Å². The quantitative estimate of drug-likeness (QED) is 0.681. The van der Waals surface area contributed by atoms with Crippen LogP contribution in [-0.2, 0) is 0 Å². The Morgan fingerprint density at radius 3 is 3.00 bits per heavy atom. The first kappa shape index (κ1) is 8.44. The molecule has 1 heterocycles. The van der Waals surface area contributed by atoms with E-state index in [-0.39, 0.29) is 12.1 Å². The lowest BCUT2D eigenvalue weighted by atomic mass is 10.2. The molecule has 2 rings (SSSR count). The summed E-state index contributed by atoms with van der Waals surface area (Å²) in [5.41, 5.74) is 6.54. The summed E-state index contributed by atoms with van der Waals surface area (Å²) in [5, 5.41) is 4.12. The summed E-state index contributed by atoms with van der Waals surface area (Å²) >= 11 is 0. The highest BCUT2D eigenvalue weighted by Crippen LogP contribution is 2.27. The van der Waals surface area contributed by atoms with Gasteiger partial charge in [-0.15, -0.1) is 0 Å². The Morgan fingerprint density at radius 1 is 1.62 bits per heavy atom. The van der Waals surface area contributed by atoms with E-state index in [4.69, 9.17) is 5.73 Å². The van der Waals surface area contributed by atoms with Crippen molar-refractivity contribution in [3.05, 3.63) is 18.0 Å². The third-order valence-electron chi connectivity index (χ3n) is 2.63. The largest absolute Gasteiger partial charge is 0.326 e. The second kappa shape index (κ2) is 3.30. The summed E-state index contributed by atoms with van der Waals surface area (Å²) in [6, 6.07) is 0.480. The molecular formula is C9H13N3O. The van der Waals surface area contributed by atoms with Gasteiger partial charge < -0.3 is 5.73 Å². The van der Waals surface area contributed by atoms with Crippen LogP contribution in [0.1, 0.15) is 35.7 Å². The number of aldehydes is 1. The lowest BCUT2D eigenvalue weighted by molar-refractivity contribution is 0.112. The van der Waals surface area contributed by atoms with Gasteiger partial charge in [-0.2, -0.15) is 5.10 Å². The standard InChI is InChI=1S/C9H13N3O/c10-8-2-1-3-9(8)12-5-7(6-13)4-11-12/h4-6,8-9H,1-3,10H2. The Bertz CT molecular complexity index is 308. The van der Waals surface area contributed by atoms with E-state index >= 15 is 0 Å². The molecule has 0 saturated heterocycles. The zero-order chi connectivity index (χ0) is 9.26. The second-order valence-corrected chi connectivity index (χ2v) is 3.53. The smallest absolute Gasteiger partial charge is 0.153 e. The maximum atomic E-state index is 10.4. The predicted molar refractivity (Wildman–Crippen MR) is 48.5 cm³/mol. The SMILES string of the molecule is NC1CCCC1n1cc(C=O)cn1. The number of nitrogens with two attached hydrogens (primary N) is 1. The van der Waals surface area contributed by atoms with Crippen molar-refractivity contribution in [2.75, 3.05) is 0 Å². The normalized spacial score (nSPS) is 27.8. The van der Waals surface area contributed by atoms with Crippen molar-refractivity contribution in [1.82, 2.24) is 9.78 Å². The molecule has 0 spiro atoms. The molecule has 0 aliphatic heterocycles. The molecule has 1 aliphatic rings. The molecular weight excluding hydrogens is 166 g/mol. The van der Waals surface area contributed by atoms with Crippen molar-refractivity contribution in [2.24, 2.45) is 5.73 Å². The summed E-state index contributed by atoms with van der Waals surface area (Å²) in [5.74, 6) is 0. The van der Waals surface area contributed by atoms with Crippen LogP contribution < -0.4 is 5.73 Å². The summed E-state index contributed by atoms with van der Waals surface area (Å²) < 4.78 is 1.82. The Hall–Kier alpha value is -1.16. The average Bonchev–Trinajstić information content (AvgIpc) is 2.71. The molecule has 1 aromatic rings. The van der Waals surface area contributed by atoms with Gasteiger partial charge in [0.2, 0.25) is 0 Å². The molecule has 1 saturated carbocycles. The molecule has 0 amide bonds. The highest BCUT2D eigenvalue weighted by Gasteiger charge is 2.25. The van der Waals surface area contributed by atoms with Gasteiger partial charge in [-0.3, -0.25) is 9.48 Å². The molecule has 1 fully saturated rings. The molecule has 1 aromatic heterocycles. The molecule has 13 heavy (non-hydrogen) atoms. The van der Waals surface area contributed by atoms with Crippen LogP contribution in [0.2, 0.25) is 0 Å². The van der Waals surface area contributed by atoms with Gasteiger partial charge >= 0.3 is 0 Å². The first-order valence-corrected chi connectivity index (χ1v) is 4.56. The Labute approximate surface area is 76.7 Å². The highest BCUT2D eigenvalue weighted by molar-refractivity contribution is 5.73. The van der Waals surface area contributed by atoms with Crippen LogP contribution >= 0.6 is 0 Å². The molecule has 2 N–H and O–H groups in total. The number of carbonyl (C=O) groups excluding carboxylic acids is 1. The van der Waals surface area contributed by atoms with Gasteiger partial charge in [0.05, 0.1) is 17.8 Å². The zero-order valence-corrected chi connectivity index (χ0v) is 7.39. The molecule has 4 nitrogen and oxygen atoms in total. The van der Waals surface area contributed by atoms with E-state index in [0.717, 1.165) is 25.5 Å². The van der Waals surface area contributed by atoms with Gasteiger partial charge in [-0.05, 0) is 19.3 Å². The Morgan fingerprint density at radius 2 is 2.46 bits per heavy atom. The number of carbonyl (C=O) groups is 1. The van der Waals surface area contributed by atoms with Crippen molar-refractivity contribution >= 4 is 6.29 Å². The Balaban J connectivity index is 2.19. The number of hydrogen-bond acceptors (Lipinski definition) is 3. The lowest BCUT2D eigenvalue weighted by Crippen LogP contribution is -2.27. The minimum atomic E-state index is 0.194. The van der Waals surface area contributed by atoms with Crippen molar-refractivity contribution in [1.29, 1.82) is 0 Å². The van der Waals surface area contributed by atoms with Crippen LogP contribution in [0.15, 0.2) is 12.4 Å². The minimum absolute atomic E-state index is 0.194. The van der Waals surface area contributed by atoms with E-state index in [1.807, 2.05) is 4.68 Å². The van der Waals surface area contributed by atoms with E-state index in [1.165, 1.54) is 0 Å². The van der Waals surface area contributed by atoms with E-state index in [0.29, 0.717) is 5.56 Å². The van der Waals surface area contributed by atoms with E-state index < -0.39 is 0 Å². The molecule has 4 heteroatoms. The van der Waals surface area contributed by atoms with Crippen LogP contribution in [0, 0.1) is 0 Å². The van der Waals surface area contributed by atoms with Crippen molar-refractivity contribution < 1.29 is 4.79 Å². The molecule has 2 unspecified atom stereocenters. The van der Waals surface area contributed by atoms with Crippen molar-refractivity contribution in [2.45, 2.75) is 31.3 Å². The van der Waals surface area contributed by atoms with Crippen LogP contribution in [0.3, 0.4) is 0 Å². The first-order valence-electron chi connectivity index (χ1n) is 4.56. The predicted octanol–water partition coefficient (Wildman–Crippen LogP) is 0.748. The van der Waals surface area contributed by atoms with Crippen molar-refractivity contribution in [3.8, 4) is 0 Å². The summed E-state index contributed by atoms with van der Waals surface area (Å²) in [4.78, 5) is 10.4. The molecule has 0 radical (unpaired) electrons. The van der Waals surface area contributed by atoms with Crippen LogP contribution in [0.4, 0.5) is 0 Å². The minimum Gasteiger partial charge on any atom is -0.326 e. The van der Waals surface area contributed by atoms with Gasteiger partial charge in [0.15, 0.2) is 6.29 Å². The molecule has 2 atom stereocenters. The lowest BCUT2D eigenvalue weighted by Gasteiger charge is -2.15. The van der Waals surface area contributed by atoms with Crippen LogP contribution in [-0.4, -0.2) is 22.1 Å². The highest BCUT2D eigenvalue weighted by atomic mass is 16.1. The summed E-state index contributed by atoms with van der Waals surface area (Å²) in [7, 11) is 0. The first-order chi connectivity index (χ1) is 6.31. The number of hydrogen-bond donors (Lipinski definition) is 1. The van der Waals surface area contributed by atoms with E-state index in [2.05, 4.69) is 5.10 Å². The fourth-order valence-corrected chi connectivity index (χ4v) is 1.89. The fourth-order valence-electron chi connectivity index (χ4n) is 1.89. The van der Waals surface area contributed by atoms with Gasteiger partial charge in [-0.1, -0.05) is 0 Å². The van der Waals surface area contributed by atoms with Gasteiger partial charge in [0, 0.05) is 12.2 Å². The maximum Gasteiger partial charge on any atom is 0.153 e. The third kappa shape index (κ3) is 1.49. The third-order valence-corrected chi connectivity index (χ3v) is 2.63. The second-order valence-electron chi connectivity index (χ2n) is 3.53. The van der Waals surface area contributed by atoms with Crippen molar-refractivity contribution in [3.63, 3.8) is 0 Å². The monoisotopic (exact) mass is 179 g/mol. The average molecular weight is 179 g/mol. The number of aromatic nitrogens is 2. The van der Waals surface area contributed by atoms with Crippen LogP contribution in [0.5, 0.6) is 0 Å². The number of rotatable bonds is 2. The van der Waals surface area contributed by atoms with E-state index in [9.17, 15) is 4.79 Å². The summed E-state index contributed by atoms with van der Waals surface area (Å²) in [6.07, 6.45) is 7.44. The molecule has 0 aromatic carbocycles. The maximum absolute atomic E-state index is 10.4. The summed E-state index contributed by atoms with van der Waals surface area (Å²) in [6.45, 7) is 0. The molecule has 70 valence electrons. The Kier molecular flexibility index (Phi) is 2.14. The molecule has 0 bridgehead atoms. The van der Waals surface area contributed by atoms with Gasteiger partial charge in [0.25, 0.3) is 0 Å². The fraction of sp³-hybridized carbons (Fsp3) is 0.556. The van der Waals surface area contributed by atoms with Crippen LogP contribution in [0.25, 0.3) is 0 Å². The zero-order valence-electron chi connectivity index (χ0n) is 7.39. The number of nitrogens with zero attached hydrogens (tertiary/aromatic N) is 2. The molecule has 1 aliphatic carbocycles. The van der Waals surface area contributed by atoms with E-state index in [1.54, 1.807) is 12.4 Å². The topological polar surface area (TPSA) is 60.9 Å².